The molecule has 0 unspecified atom stereocenters. The smallest absolute Gasteiger partial charge is 0.166 e. The molecule has 0 N–H and O–H groups in total. The summed E-state index contributed by atoms with van der Waals surface area (Å²) in [6.45, 7) is 2.89. The van der Waals surface area contributed by atoms with Gasteiger partial charge in [0.2, 0.25) is 0 Å². The molecule has 14 heavy (non-hydrogen) atoms. The number of hydrogen-bond donors (Lipinski definition) is 0. The van der Waals surface area contributed by atoms with Gasteiger partial charge in [0.1, 0.15) is 0 Å². The van der Waals surface area contributed by atoms with E-state index in [2.05, 4.69) is 0 Å². The maximum absolute atomic E-state index is 13.0. The zero-order valence-corrected chi connectivity index (χ0v) is 7.97. The maximum Gasteiger partial charge on any atom is 0.166 e. The Morgan fingerprint density at radius 1 is 1.36 bits per heavy atom. The summed E-state index contributed by atoms with van der Waals surface area (Å²) in [7, 11) is 0. The Morgan fingerprint density at radius 3 is 2.86 bits per heavy atom. The molecule has 0 saturated heterocycles. The maximum atomic E-state index is 13.0. The predicted octanol–water partition coefficient (Wildman–Crippen LogP) is 3.01. The molecule has 0 atom stereocenters. The Balaban J connectivity index is 2.67. The first-order valence-electron chi connectivity index (χ1n) is 4.44. The summed E-state index contributed by atoms with van der Waals surface area (Å²) >= 11 is 0. The van der Waals surface area contributed by atoms with Gasteiger partial charge in [-0.15, -0.1) is 0 Å². The van der Waals surface area contributed by atoms with Crippen LogP contribution in [-0.4, -0.2) is 13.2 Å². The molecular weight excluding hydrogens is 186 g/mol. The third-order valence-corrected chi connectivity index (χ3v) is 1.70. The molecule has 1 rings (SSSR count). The standard InChI is InChI=1S/C11H12F2O/c1-2-14-8-4-6-9-5-3-7-10(12)11(9)13/h3-7H,2,8H2,1H3/b6-4+. The van der Waals surface area contributed by atoms with Crippen LogP contribution in [-0.2, 0) is 4.74 Å². The number of halogens is 2. The molecule has 76 valence electrons. The zero-order chi connectivity index (χ0) is 10.4. The van der Waals surface area contributed by atoms with Crippen LogP contribution in [0.2, 0.25) is 0 Å². The Labute approximate surface area is 82.0 Å². The molecule has 0 spiro atoms. The van der Waals surface area contributed by atoms with Crippen LogP contribution in [0.25, 0.3) is 6.08 Å². The highest BCUT2D eigenvalue weighted by Gasteiger charge is 2.03. The third kappa shape index (κ3) is 2.92. The van der Waals surface area contributed by atoms with Gasteiger partial charge in [0, 0.05) is 12.2 Å². The van der Waals surface area contributed by atoms with Crippen LogP contribution < -0.4 is 0 Å². The predicted molar refractivity (Wildman–Crippen MR) is 51.9 cm³/mol. The molecule has 0 bridgehead atoms. The van der Waals surface area contributed by atoms with Gasteiger partial charge in [-0.3, -0.25) is 0 Å². The highest BCUT2D eigenvalue weighted by Crippen LogP contribution is 2.12. The molecule has 0 radical (unpaired) electrons. The first-order chi connectivity index (χ1) is 6.75. The Kier molecular flexibility index (Phi) is 4.26. The van der Waals surface area contributed by atoms with Crippen molar-refractivity contribution < 1.29 is 13.5 Å². The van der Waals surface area contributed by atoms with Crippen molar-refractivity contribution in [2.75, 3.05) is 13.2 Å². The topological polar surface area (TPSA) is 9.23 Å². The first kappa shape index (κ1) is 10.9. The van der Waals surface area contributed by atoms with E-state index < -0.39 is 11.6 Å². The number of hydrogen-bond acceptors (Lipinski definition) is 1. The monoisotopic (exact) mass is 198 g/mol. The Morgan fingerprint density at radius 2 is 2.14 bits per heavy atom. The average molecular weight is 198 g/mol. The van der Waals surface area contributed by atoms with Gasteiger partial charge in [-0.2, -0.15) is 0 Å². The summed E-state index contributed by atoms with van der Waals surface area (Å²) in [5, 5.41) is 0. The second kappa shape index (κ2) is 5.50. The highest BCUT2D eigenvalue weighted by molar-refractivity contribution is 5.49. The lowest BCUT2D eigenvalue weighted by Gasteiger charge is -1.97. The van der Waals surface area contributed by atoms with Crippen LogP contribution in [0.1, 0.15) is 12.5 Å². The van der Waals surface area contributed by atoms with Crippen molar-refractivity contribution in [1.82, 2.24) is 0 Å². The van der Waals surface area contributed by atoms with Crippen LogP contribution in [0.4, 0.5) is 8.78 Å². The molecule has 1 aromatic carbocycles. The second-order valence-corrected chi connectivity index (χ2v) is 2.70. The molecular formula is C11H12F2O. The van der Waals surface area contributed by atoms with Crippen LogP contribution in [0.5, 0.6) is 0 Å². The summed E-state index contributed by atoms with van der Waals surface area (Å²) in [6.07, 6.45) is 3.16. The summed E-state index contributed by atoms with van der Waals surface area (Å²) < 4.78 is 30.8. The normalized spacial score (nSPS) is 11.1. The molecule has 0 heterocycles. The van der Waals surface area contributed by atoms with E-state index in [0.29, 0.717) is 13.2 Å². The molecule has 3 heteroatoms. The third-order valence-electron chi connectivity index (χ3n) is 1.70. The van der Waals surface area contributed by atoms with Crippen molar-refractivity contribution in [3.05, 3.63) is 41.5 Å². The molecule has 0 aliphatic rings. The minimum absolute atomic E-state index is 0.240. The van der Waals surface area contributed by atoms with Gasteiger partial charge < -0.3 is 4.74 Å². The van der Waals surface area contributed by atoms with Crippen molar-refractivity contribution in [3.63, 3.8) is 0 Å². The lowest BCUT2D eigenvalue weighted by molar-refractivity contribution is 0.178. The van der Waals surface area contributed by atoms with Crippen LogP contribution in [0.15, 0.2) is 24.3 Å². The van der Waals surface area contributed by atoms with Gasteiger partial charge in [-0.25, -0.2) is 8.78 Å². The van der Waals surface area contributed by atoms with E-state index in [1.54, 1.807) is 6.08 Å². The average Bonchev–Trinajstić information content (AvgIpc) is 2.19. The van der Waals surface area contributed by atoms with E-state index in [-0.39, 0.29) is 5.56 Å². The lowest BCUT2D eigenvalue weighted by atomic mass is 10.2. The quantitative estimate of drug-likeness (QED) is 0.676. The minimum atomic E-state index is -0.830. The van der Waals surface area contributed by atoms with Crippen molar-refractivity contribution in [1.29, 1.82) is 0 Å². The van der Waals surface area contributed by atoms with Crippen molar-refractivity contribution in [2.24, 2.45) is 0 Å². The molecule has 0 fully saturated rings. The fraction of sp³-hybridized carbons (Fsp3) is 0.273. The Bertz CT molecular complexity index is 321. The molecule has 0 aliphatic carbocycles. The van der Waals surface area contributed by atoms with Gasteiger partial charge in [0.15, 0.2) is 11.6 Å². The summed E-state index contributed by atoms with van der Waals surface area (Å²) in [5.41, 5.74) is 0.240. The van der Waals surface area contributed by atoms with Gasteiger partial charge in [-0.05, 0) is 13.0 Å². The second-order valence-electron chi connectivity index (χ2n) is 2.70. The van der Waals surface area contributed by atoms with E-state index in [9.17, 15) is 8.78 Å². The number of rotatable bonds is 4. The SMILES string of the molecule is CCOC/C=C/c1cccc(F)c1F. The fourth-order valence-corrected chi connectivity index (χ4v) is 1.01. The number of benzene rings is 1. The summed E-state index contributed by atoms with van der Waals surface area (Å²) in [6, 6.07) is 4.08. The summed E-state index contributed by atoms with van der Waals surface area (Å²) in [5.74, 6) is -1.65. The van der Waals surface area contributed by atoms with Crippen LogP contribution in [0.3, 0.4) is 0 Å². The van der Waals surface area contributed by atoms with Crippen molar-refractivity contribution in [3.8, 4) is 0 Å². The van der Waals surface area contributed by atoms with E-state index in [1.165, 1.54) is 18.2 Å². The molecule has 0 aromatic heterocycles. The fourth-order valence-electron chi connectivity index (χ4n) is 1.01. The van der Waals surface area contributed by atoms with Crippen molar-refractivity contribution >= 4 is 6.08 Å². The van der Waals surface area contributed by atoms with Gasteiger partial charge in [0.05, 0.1) is 6.61 Å². The summed E-state index contributed by atoms with van der Waals surface area (Å²) in [4.78, 5) is 0. The van der Waals surface area contributed by atoms with Crippen LogP contribution in [0, 0.1) is 11.6 Å². The van der Waals surface area contributed by atoms with Gasteiger partial charge >= 0.3 is 0 Å². The lowest BCUT2D eigenvalue weighted by Crippen LogP contribution is -1.90. The molecule has 0 saturated carbocycles. The molecule has 0 amide bonds. The van der Waals surface area contributed by atoms with E-state index in [0.717, 1.165) is 6.07 Å². The van der Waals surface area contributed by atoms with Crippen molar-refractivity contribution in [2.45, 2.75) is 6.92 Å². The van der Waals surface area contributed by atoms with E-state index in [1.807, 2.05) is 6.92 Å². The highest BCUT2D eigenvalue weighted by atomic mass is 19.2. The first-order valence-corrected chi connectivity index (χ1v) is 4.44. The minimum Gasteiger partial charge on any atom is -0.378 e. The van der Waals surface area contributed by atoms with Gasteiger partial charge in [-0.1, -0.05) is 24.3 Å². The van der Waals surface area contributed by atoms with Crippen LogP contribution >= 0.6 is 0 Å². The van der Waals surface area contributed by atoms with E-state index >= 15 is 0 Å². The zero-order valence-electron chi connectivity index (χ0n) is 7.97. The number of ether oxygens (including phenoxy) is 1. The molecule has 0 aliphatic heterocycles. The Hall–Kier alpha value is -1.22. The largest absolute Gasteiger partial charge is 0.378 e. The van der Waals surface area contributed by atoms with Gasteiger partial charge in [0.25, 0.3) is 0 Å². The van der Waals surface area contributed by atoms with E-state index in [4.69, 9.17) is 4.74 Å². The molecule has 1 aromatic rings. The molecule has 1 nitrogen and oxygen atoms in total.